The minimum atomic E-state index is -0.300. The zero-order valence-corrected chi connectivity index (χ0v) is 17.1. The zero-order valence-electron chi connectivity index (χ0n) is 17.1. The summed E-state index contributed by atoms with van der Waals surface area (Å²) in [4.78, 5) is 29.1. The number of fused-ring (bicyclic) bond motifs is 1. The zero-order chi connectivity index (χ0) is 20.4. The van der Waals surface area contributed by atoms with E-state index in [0.717, 1.165) is 19.4 Å². The number of amides is 2. The van der Waals surface area contributed by atoms with Crippen molar-refractivity contribution in [1.82, 2.24) is 9.80 Å². The van der Waals surface area contributed by atoms with Gasteiger partial charge in [0.2, 0.25) is 5.91 Å². The molecule has 154 valence electrons. The number of nitrogens with one attached hydrogen (secondary N) is 1. The molecule has 0 bridgehead atoms. The molecule has 0 radical (unpaired) electrons. The van der Waals surface area contributed by atoms with Crippen molar-refractivity contribution in [2.45, 2.75) is 38.8 Å². The number of carbonyl (C=O) groups excluding carboxylic acids is 2. The first kappa shape index (κ1) is 20.6. The quantitative estimate of drug-likeness (QED) is 0.776. The summed E-state index contributed by atoms with van der Waals surface area (Å²) in [6.07, 6.45) is 1.75. The minimum absolute atomic E-state index is 0.00106. The average Bonchev–Trinajstić information content (AvgIpc) is 3.49. The predicted molar refractivity (Wildman–Crippen MR) is 108 cm³/mol. The van der Waals surface area contributed by atoms with Gasteiger partial charge >= 0.3 is 0 Å². The summed E-state index contributed by atoms with van der Waals surface area (Å²) < 4.78 is 6.25. The molecule has 2 amide bonds. The molecule has 0 aromatic heterocycles. The maximum absolute atomic E-state index is 13.3. The van der Waals surface area contributed by atoms with E-state index in [1.54, 1.807) is 23.1 Å². The lowest BCUT2D eigenvalue weighted by atomic mass is 9.99. The first-order chi connectivity index (χ1) is 13.3. The van der Waals surface area contributed by atoms with E-state index in [-0.39, 0.29) is 42.4 Å². The molecule has 7 heteroatoms. The Labute approximate surface area is 166 Å². The van der Waals surface area contributed by atoms with Crippen LogP contribution in [-0.4, -0.2) is 72.7 Å². The van der Waals surface area contributed by atoms with Crippen LogP contribution in [0.3, 0.4) is 0 Å². The Morgan fingerprint density at radius 2 is 2.11 bits per heavy atom. The summed E-state index contributed by atoms with van der Waals surface area (Å²) in [7, 11) is 3.98. The van der Waals surface area contributed by atoms with Crippen LogP contribution in [0.15, 0.2) is 18.2 Å². The van der Waals surface area contributed by atoms with Gasteiger partial charge < -0.3 is 25.0 Å². The number of likely N-dealkylation sites (N-methyl/N-ethyl adjacent to an activating group) is 1. The summed E-state index contributed by atoms with van der Waals surface area (Å²) in [5.41, 5.74) is 1.02. The molecule has 1 aromatic rings. The van der Waals surface area contributed by atoms with Crippen LogP contribution in [0.1, 0.15) is 37.0 Å². The molecule has 0 unspecified atom stereocenters. The SMILES string of the molecule is C[C@@H]1CN([C@@H](C)CO)C(=O)c2cc(NC(=O)C3CC3)ccc2O[C@@H]1CN(C)C. The highest BCUT2D eigenvalue weighted by molar-refractivity contribution is 6.00. The molecule has 28 heavy (non-hydrogen) atoms. The van der Waals surface area contributed by atoms with Crippen molar-refractivity contribution in [3.05, 3.63) is 23.8 Å². The fourth-order valence-electron chi connectivity index (χ4n) is 3.47. The maximum Gasteiger partial charge on any atom is 0.258 e. The summed E-state index contributed by atoms with van der Waals surface area (Å²) in [5.74, 6) is 0.518. The molecule has 1 heterocycles. The maximum atomic E-state index is 13.3. The molecule has 1 aliphatic heterocycles. The van der Waals surface area contributed by atoms with Gasteiger partial charge in [-0.25, -0.2) is 0 Å². The fourth-order valence-corrected chi connectivity index (χ4v) is 3.47. The summed E-state index contributed by atoms with van der Waals surface area (Å²) in [6, 6.07) is 4.94. The van der Waals surface area contributed by atoms with E-state index in [2.05, 4.69) is 17.1 Å². The Bertz CT molecular complexity index is 732. The van der Waals surface area contributed by atoms with Crippen LogP contribution in [0.2, 0.25) is 0 Å². The number of aliphatic hydroxyl groups excluding tert-OH is 1. The number of anilines is 1. The van der Waals surface area contributed by atoms with Crippen molar-refractivity contribution in [2.75, 3.05) is 39.1 Å². The lowest BCUT2D eigenvalue weighted by Crippen LogP contribution is -2.49. The molecule has 3 rings (SSSR count). The van der Waals surface area contributed by atoms with Crippen molar-refractivity contribution in [3.8, 4) is 5.75 Å². The Kier molecular flexibility index (Phi) is 6.25. The first-order valence-corrected chi connectivity index (χ1v) is 9.98. The van der Waals surface area contributed by atoms with E-state index in [1.807, 2.05) is 21.0 Å². The van der Waals surface area contributed by atoms with Gasteiger partial charge in [-0.2, -0.15) is 0 Å². The van der Waals surface area contributed by atoms with Gasteiger partial charge in [-0.05, 0) is 52.1 Å². The van der Waals surface area contributed by atoms with Crippen LogP contribution in [0, 0.1) is 11.8 Å². The van der Waals surface area contributed by atoms with E-state index >= 15 is 0 Å². The van der Waals surface area contributed by atoms with E-state index in [0.29, 0.717) is 23.5 Å². The molecule has 2 N–H and O–H groups in total. The Balaban J connectivity index is 1.95. The normalized spacial score (nSPS) is 23.5. The molecule has 3 atom stereocenters. The second kappa shape index (κ2) is 8.49. The third kappa shape index (κ3) is 4.64. The molecule has 1 fully saturated rings. The third-order valence-electron chi connectivity index (χ3n) is 5.43. The number of ether oxygens (including phenoxy) is 1. The topological polar surface area (TPSA) is 82.1 Å². The molecule has 1 aromatic carbocycles. The van der Waals surface area contributed by atoms with Gasteiger partial charge in [-0.15, -0.1) is 0 Å². The number of benzene rings is 1. The second-order valence-corrected chi connectivity index (χ2v) is 8.36. The van der Waals surface area contributed by atoms with E-state index < -0.39 is 0 Å². The molecule has 0 spiro atoms. The van der Waals surface area contributed by atoms with Gasteiger partial charge in [0.15, 0.2) is 0 Å². The molecule has 1 saturated carbocycles. The number of nitrogens with zero attached hydrogens (tertiary/aromatic N) is 2. The molecular formula is C21H31N3O4. The number of aliphatic hydroxyl groups is 1. The van der Waals surface area contributed by atoms with Crippen LogP contribution in [0.4, 0.5) is 5.69 Å². The van der Waals surface area contributed by atoms with Gasteiger partial charge in [0.25, 0.3) is 5.91 Å². The van der Waals surface area contributed by atoms with E-state index in [1.165, 1.54) is 0 Å². The number of hydrogen-bond acceptors (Lipinski definition) is 5. The minimum Gasteiger partial charge on any atom is -0.488 e. The second-order valence-electron chi connectivity index (χ2n) is 8.36. The van der Waals surface area contributed by atoms with Crippen LogP contribution < -0.4 is 10.1 Å². The summed E-state index contributed by atoms with van der Waals surface area (Å²) >= 11 is 0. The van der Waals surface area contributed by atoms with Crippen molar-refractivity contribution in [1.29, 1.82) is 0 Å². The van der Waals surface area contributed by atoms with Gasteiger partial charge in [0.05, 0.1) is 18.2 Å². The lowest BCUT2D eigenvalue weighted by molar-refractivity contribution is -0.117. The molecular weight excluding hydrogens is 358 g/mol. The Morgan fingerprint density at radius 3 is 2.71 bits per heavy atom. The first-order valence-electron chi connectivity index (χ1n) is 9.98. The van der Waals surface area contributed by atoms with Gasteiger partial charge in [-0.1, -0.05) is 6.92 Å². The van der Waals surface area contributed by atoms with E-state index in [9.17, 15) is 14.7 Å². The highest BCUT2D eigenvalue weighted by Crippen LogP contribution is 2.33. The highest BCUT2D eigenvalue weighted by atomic mass is 16.5. The van der Waals surface area contributed by atoms with Gasteiger partial charge in [-0.3, -0.25) is 9.59 Å². The Hall–Kier alpha value is -2.12. The Morgan fingerprint density at radius 1 is 1.39 bits per heavy atom. The molecule has 1 aliphatic carbocycles. The highest BCUT2D eigenvalue weighted by Gasteiger charge is 2.34. The van der Waals surface area contributed by atoms with Crippen LogP contribution >= 0.6 is 0 Å². The van der Waals surface area contributed by atoms with Crippen LogP contribution in [0.25, 0.3) is 0 Å². The van der Waals surface area contributed by atoms with Crippen molar-refractivity contribution in [2.24, 2.45) is 11.8 Å². The number of hydrogen-bond donors (Lipinski definition) is 2. The molecule has 7 nitrogen and oxygen atoms in total. The van der Waals surface area contributed by atoms with Gasteiger partial charge in [0, 0.05) is 30.6 Å². The monoisotopic (exact) mass is 389 g/mol. The standard InChI is InChI=1S/C21H31N3O4/c1-13-10-24(14(2)12-25)21(27)17-9-16(22-20(26)15-5-6-15)7-8-18(17)28-19(13)11-23(3)4/h7-9,13-15,19,25H,5-6,10-12H2,1-4H3,(H,22,26)/t13-,14+,19-/m1/s1. The lowest BCUT2D eigenvalue weighted by Gasteiger charge is -2.37. The number of rotatable bonds is 6. The smallest absolute Gasteiger partial charge is 0.258 e. The van der Waals surface area contributed by atoms with Crippen LogP contribution in [-0.2, 0) is 4.79 Å². The van der Waals surface area contributed by atoms with E-state index in [4.69, 9.17) is 4.74 Å². The molecule has 2 aliphatic rings. The third-order valence-corrected chi connectivity index (χ3v) is 5.43. The largest absolute Gasteiger partial charge is 0.488 e. The van der Waals surface area contributed by atoms with Crippen LogP contribution in [0.5, 0.6) is 5.75 Å². The van der Waals surface area contributed by atoms with Crippen molar-refractivity contribution >= 4 is 17.5 Å². The van der Waals surface area contributed by atoms with Crippen molar-refractivity contribution in [3.63, 3.8) is 0 Å². The van der Waals surface area contributed by atoms with Gasteiger partial charge in [0.1, 0.15) is 11.9 Å². The molecule has 0 saturated heterocycles. The summed E-state index contributed by atoms with van der Waals surface area (Å²) in [5, 5.41) is 12.6. The number of carbonyl (C=O) groups is 2. The average molecular weight is 389 g/mol. The predicted octanol–water partition coefficient (Wildman–Crippen LogP) is 1.82. The fraction of sp³-hybridized carbons (Fsp3) is 0.619. The summed E-state index contributed by atoms with van der Waals surface area (Å²) in [6.45, 7) is 5.01. The van der Waals surface area contributed by atoms with Crippen molar-refractivity contribution < 1.29 is 19.4 Å².